The van der Waals surface area contributed by atoms with Gasteiger partial charge in [0.2, 0.25) is 0 Å². The minimum atomic E-state index is -1.01. The average molecular weight is 199 g/mol. The maximum absolute atomic E-state index is 10.9. The summed E-state index contributed by atoms with van der Waals surface area (Å²) in [7, 11) is 0. The molecular weight excluding hydrogens is 184 g/mol. The van der Waals surface area contributed by atoms with Crippen molar-refractivity contribution in [1.29, 1.82) is 0 Å². The molecule has 0 aromatic rings. The Bertz CT molecular complexity index is 230. The first kappa shape index (κ1) is 10.8. The Morgan fingerprint density at radius 3 is 2.64 bits per heavy atom. The smallest absolute Gasteiger partial charge is 0.315 e. The number of urea groups is 1. The van der Waals surface area contributed by atoms with E-state index >= 15 is 0 Å². The molecule has 1 fully saturated rings. The van der Waals surface area contributed by atoms with Gasteiger partial charge in [-0.3, -0.25) is 0 Å². The van der Waals surface area contributed by atoms with Gasteiger partial charge in [-0.15, -0.1) is 0 Å². The van der Waals surface area contributed by atoms with Gasteiger partial charge in [-0.2, -0.15) is 0 Å². The van der Waals surface area contributed by atoms with Gasteiger partial charge in [0.05, 0.1) is 6.04 Å². The van der Waals surface area contributed by atoms with Crippen LogP contribution < -0.4 is 15.7 Å². The predicted octanol–water partition coefficient (Wildman–Crippen LogP) is -0.633. The fourth-order valence-corrected chi connectivity index (χ4v) is 1.60. The molecule has 0 spiro atoms. The largest absolute Gasteiger partial charge is 0.550 e. The second-order valence-corrected chi connectivity index (χ2v) is 3.63. The van der Waals surface area contributed by atoms with E-state index in [1.165, 1.54) is 0 Å². The maximum Gasteiger partial charge on any atom is 0.315 e. The summed E-state index contributed by atoms with van der Waals surface area (Å²) in [5.74, 6) is -1.01. The zero-order chi connectivity index (χ0) is 10.6. The molecule has 2 atom stereocenters. The first-order chi connectivity index (χ1) is 6.59. The highest BCUT2D eigenvalue weighted by Gasteiger charge is 2.26. The van der Waals surface area contributed by atoms with Crippen molar-refractivity contribution in [2.45, 2.75) is 44.7 Å². The van der Waals surface area contributed by atoms with Crippen LogP contribution in [-0.2, 0) is 4.79 Å². The van der Waals surface area contributed by atoms with Crippen LogP contribution >= 0.6 is 0 Å². The molecule has 5 nitrogen and oxygen atoms in total. The van der Waals surface area contributed by atoms with Crippen molar-refractivity contribution in [2.75, 3.05) is 0 Å². The summed E-state index contributed by atoms with van der Waals surface area (Å²) >= 11 is 0. The number of carboxylic acids is 1. The third-order valence-corrected chi connectivity index (χ3v) is 2.42. The van der Waals surface area contributed by atoms with Crippen LogP contribution in [0.1, 0.15) is 32.6 Å². The lowest BCUT2D eigenvalue weighted by Crippen LogP contribution is -2.30. The fourth-order valence-electron chi connectivity index (χ4n) is 1.60. The lowest BCUT2D eigenvalue weighted by atomic mass is 10.0. The normalized spacial score (nSPS) is 25.6. The lowest BCUT2D eigenvalue weighted by Gasteiger charge is -2.13. The second kappa shape index (κ2) is 4.83. The van der Waals surface area contributed by atoms with Gasteiger partial charge >= 0.3 is 6.03 Å². The topological polar surface area (TPSA) is 81.3 Å². The van der Waals surface area contributed by atoms with Gasteiger partial charge in [-0.05, 0) is 26.2 Å². The van der Waals surface area contributed by atoms with Crippen LogP contribution in [0.25, 0.3) is 0 Å². The summed E-state index contributed by atoms with van der Waals surface area (Å²) in [6, 6.07) is 0.122. The van der Waals surface area contributed by atoms with E-state index in [-0.39, 0.29) is 24.5 Å². The van der Waals surface area contributed by atoms with Gasteiger partial charge in [0.25, 0.3) is 0 Å². The molecule has 0 saturated carbocycles. The van der Waals surface area contributed by atoms with Gasteiger partial charge < -0.3 is 20.5 Å². The van der Waals surface area contributed by atoms with Gasteiger partial charge in [-0.1, -0.05) is 6.42 Å². The Hall–Kier alpha value is -1.26. The van der Waals surface area contributed by atoms with E-state index in [0.717, 1.165) is 12.8 Å². The van der Waals surface area contributed by atoms with Crippen LogP contribution in [0.2, 0.25) is 0 Å². The average Bonchev–Trinajstić information content (AvgIpc) is 2.39. The van der Waals surface area contributed by atoms with Gasteiger partial charge in [0, 0.05) is 12.0 Å². The van der Waals surface area contributed by atoms with E-state index in [1.807, 2.05) is 6.92 Å². The Morgan fingerprint density at radius 2 is 2.14 bits per heavy atom. The number of rotatable bonds is 5. The molecule has 0 aliphatic carbocycles. The first-order valence-electron chi connectivity index (χ1n) is 4.86. The Morgan fingerprint density at radius 1 is 1.43 bits per heavy atom. The quantitative estimate of drug-likeness (QED) is 0.578. The molecule has 0 aromatic carbocycles. The minimum absolute atomic E-state index is 0.0997. The number of amides is 2. The number of carbonyl (C=O) groups excluding carboxylic acids is 2. The van der Waals surface area contributed by atoms with E-state index in [1.54, 1.807) is 0 Å². The highest BCUT2D eigenvalue weighted by atomic mass is 16.4. The van der Waals surface area contributed by atoms with Crippen LogP contribution in [0, 0.1) is 0 Å². The molecule has 0 radical (unpaired) electrons. The Labute approximate surface area is 82.9 Å². The second-order valence-electron chi connectivity index (χ2n) is 3.63. The molecule has 1 rings (SSSR count). The number of carbonyl (C=O) groups is 2. The lowest BCUT2D eigenvalue weighted by molar-refractivity contribution is -0.305. The minimum Gasteiger partial charge on any atom is -0.550 e. The third kappa shape index (κ3) is 3.24. The van der Waals surface area contributed by atoms with E-state index < -0.39 is 5.97 Å². The van der Waals surface area contributed by atoms with Crippen molar-refractivity contribution in [3.05, 3.63) is 0 Å². The van der Waals surface area contributed by atoms with E-state index in [0.29, 0.717) is 6.42 Å². The number of carboxylic acid groups (broad SMARTS) is 1. The predicted molar refractivity (Wildman–Crippen MR) is 48.4 cm³/mol. The van der Waals surface area contributed by atoms with Crippen LogP contribution in [0.5, 0.6) is 0 Å². The highest BCUT2D eigenvalue weighted by Crippen LogP contribution is 2.10. The molecular formula is C9H15N2O3-. The summed E-state index contributed by atoms with van der Waals surface area (Å²) < 4.78 is 0. The summed E-state index contributed by atoms with van der Waals surface area (Å²) in [5.41, 5.74) is 0. The summed E-state index contributed by atoms with van der Waals surface area (Å²) in [4.78, 5) is 21.0. The van der Waals surface area contributed by atoms with Crippen molar-refractivity contribution in [2.24, 2.45) is 0 Å². The molecule has 1 heterocycles. The van der Waals surface area contributed by atoms with Crippen LogP contribution in [-0.4, -0.2) is 24.1 Å². The Balaban J connectivity index is 2.12. The van der Waals surface area contributed by atoms with Crippen molar-refractivity contribution in [3.63, 3.8) is 0 Å². The van der Waals surface area contributed by atoms with Gasteiger partial charge in [0.1, 0.15) is 0 Å². The zero-order valence-corrected chi connectivity index (χ0v) is 8.21. The molecule has 0 aromatic heterocycles. The summed E-state index contributed by atoms with van der Waals surface area (Å²) in [6.45, 7) is 1.93. The van der Waals surface area contributed by atoms with Crippen molar-refractivity contribution < 1.29 is 14.7 Å². The zero-order valence-electron chi connectivity index (χ0n) is 8.21. The highest BCUT2D eigenvalue weighted by molar-refractivity contribution is 5.77. The Kier molecular flexibility index (Phi) is 3.73. The van der Waals surface area contributed by atoms with E-state index in [2.05, 4.69) is 10.6 Å². The molecule has 0 unspecified atom stereocenters. The number of aliphatic carboxylic acids is 1. The van der Waals surface area contributed by atoms with Gasteiger partial charge in [-0.25, -0.2) is 4.79 Å². The van der Waals surface area contributed by atoms with Crippen LogP contribution in [0.4, 0.5) is 4.79 Å². The molecule has 0 bridgehead atoms. The van der Waals surface area contributed by atoms with Crippen molar-refractivity contribution in [3.8, 4) is 0 Å². The van der Waals surface area contributed by atoms with E-state index in [4.69, 9.17) is 0 Å². The standard InChI is InChI=1S/C9H16N2O3/c1-6-7(11-9(14)10-6)4-2-3-5-8(12)13/h6-7H,2-5H2,1H3,(H,12,13)(H2,10,11,14)/p-1/t6-,7-/m0/s1. The molecule has 5 heteroatoms. The van der Waals surface area contributed by atoms with E-state index in [9.17, 15) is 14.7 Å². The first-order valence-corrected chi connectivity index (χ1v) is 4.86. The molecule has 1 saturated heterocycles. The number of hydrogen-bond donors (Lipinski definition) is 2. The van der Waals surface area contributed by atoms with Gasteiger partial charge in [0.15, 0.2) is 0 Å². The SMILES string of the molecule is C[C@@H]1NC(=O)N[C@H]1CCCCC(=O)[O-]. The fraction of sp³-hybridized carbons (Fsp3) is 0.778. The van der Waals surface area contributed by atoms with Crippen LogP contribution in [0.3, 0.4) is 0 Å². The van der Waals surface area contributed by atoms with Crippen molar-refractivity contribution in [1.82, 2.24) is 10.6 Å². The summed E-state index contributed by atoms with van der Waals surface area (Å²) in [6.07, 6.45) is 2.32. The van der Waals surface area contributed by atoms with Crippen molar-refractivity contribution >= 4 is 12.0 Å². The molecule has 14 heavy (non-hydrogen) atoms. The van der Waals surface area contributed by atoms with Crippen LogP contribution in [0.15, 0.2) is 0 Å². The molecule has 2 N–H and O–H groups in total. The molecule has 1 aliphatic rings. The maximum atomic E-state index is 10.9. The number of hydrogen-bond acceptors (Lipinski definition) is 3. The number of unbranched alkanes of at least 4 members (excludes halogenated alkanes) is 1. The monoisotopic (exact) mass is 199 g/mol. The molecule has 1 aliphatic heterocycles. The number of nitrogens with one attached hydrogen (secondary N) is 2. The molecule has 2 amide bonds. The molecule has 80 valence electrons. The summed E-state index contributed by atoms with van der Waals surface area (Å²) in [5, 5.41) is 15.6. The third-order valence-electron chi connectivity index (χ3n) is 2.42.